The number of hydrogen-bond donors (Lipinski definition) is 2. The van der Waals surface area contributed by atoms with Crippen molar-refractivity contribution in [3.63, 3.8) is 0 Å². The zero-order chi connectivity index (χ0) is 13.6. The van der Waals surface area contributed by atoms with E-state index in [4.69, 9.17) is 0 Å². The molecule has 1 aliphatic rings. The first-order chi connectivity index (χ1) is 8.49. The van der Waals surface area contributed by atoms with E-state index in [9.17, 15) is 4.79 Å². The highest BCUT2D eigenvalue weighted by Gasteiger charge is 2.33. The molecule has 1 unspecified atom stereocenters. The maximum Gasteiger partial charge on any atom is 0.236 e. The minimum atomic E-state index is -0.0895. The molecule has 0 aromatic carbocycles. The molecule has 0 spiro atoms. The molecule has 1 atom stereocenters. The lowest BCUT2D eigenvalue weighted by Gasteiger charge is -2.28. The number of nitrogens with one attached hydrogen (secondary N) is 2. The molecule has 1 rings (SSSR count). The second-order valence-electron chi connectivity index (χ2n) is 5.84. The number of hydrogen-bond acceptors (Lipinski definition) is 3. The van der Waals surface area contributed by atoms with Crippen molar-refractivity contribution in [3.8, 4) is 0 Å². The molecule has 18 heavy (non-hydrogen) atoms. The Morgan fingerprint density at radius 2 is 1.89 bits per heavy atom. The average molecular weight is 272 g/mol. The van der Waals surface area contributed by atoms with Crippen LogP contribution in [0.2, 0.25) is 0 Å². The fourth-order valence-electron chi connectivity index (χ4n) is 2.36. The van der Waals surface area contributed by atoms with Gasteiger partial charge in [0.2, 0.25) is 5.91 Å². The van der Waals surface area contributed by atoms with Crippen molar-refractivity contribution in [2.75, 3.05) is 19.3 Å². The Bertz CT molecular complexity index is 263. The predicted octanol–water partition coefficient (Wildman–Crippen LogP) is 2.41. The summed E-state index contributed by atoms with van der Waals surface area (Å²) >= 11 is 1.96. The second-order valence-corrected chi connectivity index (χ2v) is 7.11. The zero-order valence-electron chi connectivity index (χ0n) is 12.2. The first-order valence-electron chi connectivity index (χ1n) is 7.05. The van der Waals surface area contributed by atoms with E-state index in [1.807, 2.05) is 18.7 Å². The minimum absolute atomic E-state index is 0.0895. The molecular formula is C14H28N2OS. The number of rotatable bonds is 7. The summed E-state index contributed by atoms with van der Waals surface area (Å²) in [5.41, 5.74) is 0. The molecule has 1 amide bonds. The Morgan fingerprint density at radius 3 is 2.39 bits per heavy atom. The van der Waals surface area contributed by atoms with Gasteiger partial charge in [0, 0.05) is 17.8 Å². The van der Waals surface area contributed by atoms with Gasteiger partial charge < -0.3 is 10.6 Å². The van der Waals surface area contributed by atoms with Crippen molar-refractivity contribution < 1.29 is 4.79 Å². The van der Waals surface area contributed by atoms with E-state index in [1.54, 1.807) is 0 Å². The van der Waals surface area contributed by atoms with Crippen LogP contribution in [0, 0.1) is 5.92 Å². The molecule has 0 heterocycles. The predicted molar refractivity (Wildman–Crippen MR) is 80.0 cm³/mol. The molecule has 1 saturated carbocycles. The molecule has 106 valence electrons. The highest BCUT2D eigenvalue weighted by atomic mass is 32.2. The molecule has 4 heteroatoms. The van der Waals surface area contributed by atoms with E-state index in [2.05, 4.69) is 30.7 Å². The van der Waals surface area contributed by atoms with Crippen LogP contribution < -0.4 is 10.6 Å². The summed E-state index contributed by atoms with van der Waals surface area (Å²) in [7, 11) is 0. The van der Waals surface area contributed by atoms with Gasteiger partial charge in [0.25, 0.3) is 0 Å². The lowest BCUT2D eigenvalue weighted by atomic mass is 10.1. The molecule has 1 aliphatic carbocycles. The lowest BCUT2D eigenvalue weighted by Crippen LogP contribution is -2.47. The van der Waals surface area contributed by atoms with Crippen molar-refractivity contribution in [1.29, 1.82) is 0 Å². The van der Waals surface area contributed by atoms with Crippen molar-refractivity contribution in [1.82, 2.24) is 10.6 Å². The molecule has 0 aliphatic heterocycles. The molecule has 1 fully saturated rings. The van der Waals surface area contributed by atoms with Crippen LogP contribution in [0.25, 0.3) is 0 Å². The summed E-state index contributed by atoms with van der Waals surface area (Å²) in [5, 5.41) is 6.39. The van der Waals surface area contributed by atoms with Crippen LogP contribution >= 0.6 is 11.8 Å². The molecular weight excluding hydrogens is 244 g/mol. The summed E-state index contributed by atoms with van der Waals surface area (Å²) < 4.78 is 0.368. The second kappa shape index (κ2) is 7.39. The monoisotopic (exact) mass is 272 g/mol. The molecule has 0 saturated heterocycles. The van der Waals surface area contributed by atoms with Gasteiger partial charge in [-0.25, -0.2) is 0 Å². The van der Waals surface area contributed by atoms with E-state index >= 15 is 0 Å². The van der Waals surface area contributed by atoms with Crippen molar-refractivity contribution in [3.05, 3.63) is 0 Å². The van der Waals surface area contributed by atoms with Gasteiger partial charge in [0.15, 0.2) is 0 Å². The van der Waals surface area contributed by atoms with Gasteiger partial charge in [-0.05, 0) is 31.9 Å². The normalized spacial score (nSPS) is 20.1. The Kier molecular flexibility index (Phi) is 6.50. The molecule has 3 nitrogen and oxygen atoms in total. The van der Waals surface area contributed by atoms with Crippen molar-refractivity contribution in [2.45, 2.75) is 57.2 Å². The minimum Gasteiger partial charge on any atom is -0.354 e. The van der Waals surface area contributed by atoms with Gasteiger partial charge >= 0.3 is 0 Å². The summed E-state index contributed by atoms with van der Waals surface area (Å²) in [6, 6.07) is -0.0895. The van der Waals surface area contributed by atoms with E-state index in [0.29, 0.717) is 10.7 Å². The van der Waals surface area contributed by atoms with Crippen LogP contribution in [0.5, 0.6) is 0 Å². The summed E-state index contributed by atoms with van der Waals surface area (Å²) in [6.45, 7) is 7.89. The molecule has 0 bridgehead atoms. The molecule has 0 radical (unpaired) electrons. The molecule has 2 N–H and O–H groups in total. The third-order valence-corrected chi connectivity index (χ3v) is 5.17. The Labute approximate surface area is 116 Å². The topological polar surface area (TPSA) is 41.1 Å². The zero-order valence-corrected chi connectivity index (χ0v) is 13.0. The first kappa shape index (κ1) is 15.8. The smallest absolute Gasteiger partial charge is 0.236 e. The Balaban J connectivity index is 2.31. The maximum atomic E-state index is 11.9. The van der Waals surface area contributed by atoms with Gasteiger partial charge in [0.05, 0.1) is 6.04 Å². The fourth-order valence-corrected chi connectivity index (χ4v) is 3.29. The van der Waals surface area contributed by atoms with Gasteiger partial charge in [-0.3, -0.25) is 4.79 Å². The van der Waals surface area contributed by atoms with Crippen LogP contribution in [0.1, 0.15) is 46.5 Å². The van der Waals surface area contributed by atoms with Gasteiger partial charge in [-0.2, -0.15) is 11.8 Å². The van der Waals surface area contributed by atoms with Crippen LogP contribution in [0.4, 0.5) is 0 Å². The summed E-state index contributed by atoms with van der Waals surface area (Å²) in [6.07, 6.45) is 7.41. The van der Waals surface area contributed by atoms with Crippen molar-refractivity contribution in [2.24, 2.45) is 5.92 Å². The highest BCUT2D eigenvalue weighted by Crippen LogP contribution is 2.39. The fraction of sp³-hybridized carbons (Fsp3) is 0.929. The van der Waals surface area contributed by atoms with E-state index in [1.165, 1.54) is 25.7 Å². The van der Waals surface area contributed by atoms with E-state index in [0.717, 1.165) is 13.1 Å². The number of thioether (sulfide) groups is 1. The quantitative estimate of drug-likeness (QED) is 0.748. The lowest BCUT2D eigenvalue weighted by molar-refractivity contribution is -0.122. The number of carbonyl (C=O) groups is 1. The largest absolute Gasteiger partial charge is 0.354 e. The van der Waals surface area contributed by atoms with Crippen LogP contribution in [-0.2, 0) is 4.79 Å². The SMILES string of the molecule is CSC1(CNC(C)C(=O)NCC(C)C)CCCC1. The number of amides is 1. The molecule has 0 aromatic rings. The van der Waals surface area contributed by atoms with Gasteiger partial charge in [-0.1, -0.05) is 26.7 Å². The highest BCUT2D eigenvalue weighted by molar-refractivity contribution is 8.00. The molecule has 0 aromatic heterocycles. The average Bonchev–Trinajstić information content (AvgIpc) is 2.82. The third kappa shape index (κ3) is 4.81. The van der Waals surface area contributed by atoms with Crippen LogP contribution in [-0.4, -0.2) is 36.0 Å². The van der Waals surface area contributed by atoms with Crippen LogP contribution in [0.15, 0.2) is 0 Å². The summed E-state index contributed by atoms with van der Waals surface area (Å²) in [5.74, 6) is 0.631. The number of carbonyl (C=O) groups excluding carboxylic acids is 1. The van der Waals surface area contributed by atoms with Crippen LogP contribution in [0.3, 0.4) is 0 Å². The van der Waals surface area contributed by atoms with E-state index < -0.39 is 0 Å². The standard InChI is InChI=1S/C14H28N2OS/c1-11(2)9-15-13(17)12(3)16-10-14(18-4)7-5-6-8-14/h11-12,16H,5-10H2,1-4H3,(H,15,17). The van der Waals surface area contributed by atoms with E-state index in [-0.39, 0.29) is 11.9 Å². The Hall–Kier alpha value is -0.220. The first-order valence-corrected chi connectivity index (χ1v) is 8.28. The maximum absolute atomic E-state index is 11.9. The van der Waals surface area contributed by atoms with Gasteiger partial charge in [-0.15, -0.1) is 0 Å². The third-order valence-electron chi connectivity index (χ3n) is 3.76. The van der Waals surface area contributed by atoms with Gasteiger partial charge in [0.1, 0.15) is 0 Å². The summed E-state index contributed by atoms with van der Waals surface area (Å²) in [4.78, 5) is 11.9. The Morgan fingerprint density at radius 1 is 1.28 bits per heavy atom. The van der Waals surface area contributed by atoms with Crippen molar-refractivity contribution >= 4 is 17.7 Å².